The maximum atomic E-state index is 2.54. The highest BCUT2D eigenvalue weighted by Gasteiger charge is 2.52. The molecule has 0 saturated heterocycles. The van der Waals surface area contributed by atoms with Gasteiger partial charge in [-0.3, -0.25) is 0 Å². The molecule has 10 aromatic rings. The van der Waals surface area contributed by atoms with Crippen LogP contribution in [0.1, 0.15) is 124 Å². The Morgan fingerprint density at radius 3 is 1.10 bits per heavy atom. The van der Waals surface area contributed by atoms with Gasteiger partial charge in [0.15, 0.2) is 0 Å². The Hall–Kier alpha value is -7.68. The molecule has 0 aliphatic heterocycles. The van der Waals surface area contributed by atoms with E-state index in [2.05, 4.69) is 271 Å². The van der Waals surface area contributed by atoms with Gasteiger partial charge < -0.3 is 9.80 Å². The predicted molar refractivity (Wildman–Crippen MR) is 303 cm³/mol. The number of anilines is 6. The van der Waals surface area contributed by atoms with Crippen LogP contribution in [-0.2, 0) is 5.41 Å². The van der Waals surface area contributed by atoms with Crippen molar-refractivity contribution in [1.29, 1.82) is 0 Å². The van der Waals surface area contributed by atoms with Crippen LogP contribution in [0, 0.1) is 0 Å². The molecule has 0 fully saturated rings. The van der Waals surface area contributed by atoms with Crippen LogP contribution in [-0.4, -0.2) is 0 Å². The van der Waals surface area contributed by atoms with Crippen LogP contribution >= 0.6 is 0 Å². The summed E-state index contributed by atoms with van der Waals surface area (Å²) in [5.74, 6) is 1.84. The SMILES string of the molecule is CC(C)c1ccc(N(c2ccc(C(C)C)cc2)c2ccc3cc4c(cc3c2)C2(c3ccccc3-c3ccccc32)c2c-4ccc3cc(N(c4ccc(C(C)C)cc4)c4ccc(C(C)C)cc4)ccc23)cc1. The molecular formula is C69H62N2. The maximum absolute atomic E-state index is 2.54. The van der Waals surface area contributed by atoms with E-state index in [1.807, 2.05) is 0 Å². The first-order valence-corrected chi connectivity index (χ1v) is 25.8. The Bertz CT molecular complexity index is 3480. The van der Waals surface area contributed by atoms with Crippen LogP contribution < -0.4 is 9.80 Å². The third-order valence-corrected chi connectivity index (χ3v) is 15.8. The minimum atomic E-state index is -0.527. The van der Waals surface area contributed by atoms with E-state index >= 15 is 0 Å². The number of benzene rings is 10. The molecule has 2 aliphatic carbocycles. The molecule has 0 N–H and O–H groups in total. The number of fused-ring (bicyclic) bond motifs is 13. The van der Waals surface area contributed by atoms with E-state index < -0.39 is 5.41 Å². The zero-order valence-electron chi connectivity index (χ0n) is 42.3. The molecule has 0 saturated carbocycles. The molecule has 2 aliphatic rings. The van der Waals surface area contributed by atoms with Gasteiger partial charge in [-0.2, -0.15) is 0 Å². The second kappa shape index (κ2) is 17.3. The van der Waals surface area contributed by atoms with Crippen molar-refractivity contribution in [3.05, 3.63) is 251 Å². The van der Waals surface area contributed by atoms with Gasteiger partial charge in [0.1, 0.15) is 0 Å². The summed E-state index contributed by atoms with van der Waals surface area (Å²) in [6.07, 6.45) is 0. The van der Waals surface area contributed by atoms with Gasteiger partial charge in [-0.1, -0.05) is 177 Å². The molecule has 0 aromatic heterocycles. The van der Waals surface area contributed by atoms with Crippen LogP contribution in [0.4, 0.5) is 34.1 Å². The quantitative estimate of drug-likeness (QED) is 0.135. The van der Waals surface area contributed by atoms with E-state index in [0.29, 0.717) is 23.7 Å². The second-order valence-corrected chi connectivity index (χ2v) is 21.3. The molecule has 0 atom stereocenters. The van der Waals surface area contributed by atoms with Crippen molar-refractivity contribution in [3.8, 4) is 22.3 Å². The minimum absolute atomic E-state index is 0.460. The van der Waals surface area contributed by atoms with Crippen molar-refractivity contribution in [1.82, 2.24) is 0 Å². The zero-order chi connectivity index (χ0) is 48.7. The average Bonchev–Trinajstić information content (AvgIpc) is 3.86. The van der Waals surface area contributed by atoms with Gasteiger partial charge in [0.05, 0.1) is 5.41 Å². The van der Waals surface area contributed by atoms with Gasteiger partial charge in [-0.15, -0.1) is 0 Å². The van der Waals surface area contributed by atoms with Gasteiger partial charge in [-0.25, -0.2) is 0 Å². The summed E-state index contributed by atoms with van der Waals surface area (Å²) in [7, 11) is 0. The molecule has 0 bridgehead atoms. The van der Waals surface area contributed by atoms with Crippen LogP contribution in [0.3, 0.4) is 0 Å². The molecule has 0 amide bonds. The van der Waals surface area contributed by atoms with E-state index in [4.69, 9.17) is 0 Å². The van der Waals surface area contributed by atoms with Crippen LogP contribution in [0.5, 0.6) is 0 Å². The molecule has 348 valence electrons. The number of hydrogen-bond acceptors (Lipinski definition) is 2. The van der Waals surface area contributed by atoms with Crippen LogP contribution in [0.2, 0.25) is 0 Å². The van der Waals surface area contributed by atoms with Gasteiger partial charge in [0.2, 0.25) is 0 Å². The molecule has 0 unspecified atom stereocenters. The molecule has 0 heterocycles. The van der Waals surface area contributed by atoms with Crippen molar-refractivity contribution < 1.29 is 0 Å². The smallest absolute Gasteiger partial charge is 0.0731 e. The van der Waals surface area contributed by atoms with E-state index in [0.717, 1.165) is 34.1 Å². The fraction of sp³-hybridized carbons (Fsp3) is 0.188. The van der Waals surface area contributed by atoms with E-state index in [1.165, 1.54) is 88.3 Å². The Kier molecular flexibility index (Phi) is 10.9. The number of hydrogen-bond donors (Lipinski definition) is 0. The van der Waals surface area contributed by atoms with Gasteiger partial charge in [0, 0.05) is 34.1 Å². The molecule has 2 heteroatoms. The molecule has 1 spiro atoms. The summed E-state index contributed by atoms with van der Waals surface area (Å²) in [6.45, 7) is 18.1. The third-order valence-electron chi connectivity index (χ3n) is 15.8. The Morgan fingerprint density at radius 1 is 0.282 bits per heavy atom. The summed E-state index contributed by atoms with van der Waals surface area (Å²) in [4.78, 5) is 4.85. The van der Waals surface area contributed by atoms with Crippen molar-refractivity contribution in [2.45, 2.75) is 84.5 Å². The highest BCUT2D eigenvalue weighted by atomic mass is 15.1. The monoisotopic (exact) mass is 918 g/mol. The number of nitrogens with zero attached hydrogens (tertiary/aromatic N) is 2. The highest BCUT2D eigenvalue weighted by molar-refractivity contribution is 6.07. The Balaban J connectivity index is 1.06. The lowest BCUT2D eigenvalue weighted by Gasteiger charge is -2.32. The first-order valence-electron chi connectivity index (χ1n) is 25.8. The average molecular weight is 919 g/mol. The van der Waals surface area contributed by atoms with Crippen molar-refractivity contribution in [3.63, 3.8) is 0 Å². The lowest BCUT2D eigenvalue weighted by Crippen LogP contribution is -2.26. The highest BCUT2D eigenvalue weighted by Crippen LogP contribution is 2.64. The molecular weight excluding hydrogens is 857 g/mol. The Morgan fingerprint density at radius 2 is 0.662 bits per heavy atom. The summed E-state index contributed by atoms with van der Waals surface area (Å²) >= 11 is 0. The summed E-state index contributed by atoms with van der Waals surface area (Å²) in [5.41, 5.74) is 22.4. The van der Waals surface area contributed by atoms with Crippen LogP contribution in [0.15, 0.2) is 206 Å². The van der Waals surface area contributed by atoms with Gasteiger partial charge in [-0.05, 0) is 197 Å². The fourth-order valence-corrected chi connectivity index (χ4v) is 11.9. The molecule has 10 aromatic carbocycles. The van der Waals surface area contributed by atoms with Gasteiger partial charge >= 0.3 is 0 Å². The number of rotatable bonds is 10. The lowest BCUT2D eigenvalue weighted by atomic mass is 9.69. The van der Waals surface area contributed by atoms with Crippen LogP contribution in [0.25, 0.3) is 43.8 Å². The van der Waals surface area contributed by atoms with E-state index in [-0.39, 0.29) is 0 Å². The normalized spacial score (nSPS) is 13.1. The predicted octanol–water partition coefficient (Wildman–Crippen LogP) is 19.8. The topological polar surface area (TPSA) is 6.48 Å². The van der Waals surface area contributed by atoms with Crippen molar-refractivity contribution in [2.24, 2.45) is 0 Å². The first-order chi connectivity index (χ1) is 34.5. The third kappa shape index (κ3) is 7.21. The van der Waals surface area contributed by atoms with E-state index in [9.17, 15) is 0 Å². The molecule has 0 radical (unpaired) electrons. The van der Waals surface area contributed by atoms with Crippen molar-refractivity contribution in [2.75, 3.05) is 9.80 Å². The summed E-state index contributed by atoms with van der Waals surface area (Å²) in [5, 5.41) is 4.97. The standard InChI is InChI=1S/C69H62N2/c1-43(2)47-17-27-54(28-18-47)70(55-29-19-48(20-30-55)44(3)4)58-35-25-51-41-64-63-37-26-52-39-59(71(56-31-21-49(22-32-56)45(5)6)57-33-23-50(24-34-57)46(7)8)36-38-60(52)68(63)69(67(64)42-53(51)40-58)65-15-11-9-13-61(65)62-14-10-12-16-66(62)69/h9-46H,1-8H3. The maximum Gasteiger partial charge on any atom is 0.0731 e. The zero-order valence-corrected chi connectivity index (χ0v) is 42.3. The van der Waals surface area contributed by atoms with Gasteiger partial charge in [0.25, 0.3) is 0 Å². The Labute approximate surface area is 420 Å². The molecule has 12 rings (SSSR count). The molecule has 71 heavy (non-hydrogen) atoms. The lowest BCUT2D eigenvalue weighted by molar-refractivity contribution is 0.802. The minimum Gasteiger partial charge on any atom is -0.310 e. The van der Waals surface area contributed by atoms with Crippen molar-refractivity contribution >= 4 is 55.7 Å². The van der Waals surface area contributed by atoms with E-state index in [1.54, 1.807) is 0 Å². The first kappa shape index (κ1) is 44.5. The summed E-state index contributed by atoms with van der Waals surface area (Å²) in [6, 6.07) is 79.1. The second-order valence-electron chi connectivity index (χ2n) is 21.3. The fourth-order valence-electron chi connectivity index (χ4n) is 11.9. The summed E-state index contributed by atoms with van der Waals surface area (Å²) < 4.78 is 0. The largest absolute Gasteiger partial charge is 0.310 e. The molecule has 2 nitrogen and oxygen atoms in total.